The summed E-state index contributed by atoms with van der Waals surface area (Å²) < 4.78 is 73.8. The second-order valence-corrected chi connectivity index (χ2v) is 7.08. The number of carbonyl (C=O) groups is 1. The molecule has 0 radical (unpaired) electrons. The molecule has 0 aliphatic carbocycles. The lowest BCUT2D eigenvalue weighted by atomic mass is 10.2. The van der Waals surface area contributed by atoms with Gasteiger partial charge in [-0.1, -0.05) is 11.2 Å². The molecule has 1 aromatic heterocycles. The molecule has 0 saturated heterocycles. The molecule has 1 aromatic carbocycles. The highest BCUT2D eigenvalue weighted by atomic mass is 32.2. The van der Waals surface area contributed by atoms with E-state index in [1.165, 1.54) is 0 Å². The summed E-state index contributed by atoms with van der Waals surface area (Å²) in [6.07, 6.45) is -4.68. The minimum atomic E-state index is -4.68. The molecule has 26 heavy (non-hydrogen) atoms. The number of nitrogens with zero attached hydrogens (tertiary/aromatic N) is 1. The molecule has 0 aliphatic rings. The number of sulfonamides is 1. The standard InChI is InChI=1S/C15H15F3N2O5S/c1-9-13(10(2)25-20-9)8-24-14(21)7-19-26(22,23)12-5-3-4-11(6-12)15(16,17)18/h3-6,19H,7-8H2,1-2H3. The van der Waals surface area contributed by atoms with Gasteiger partial charge in [-0.2, -0.15) is 17.9 Å². The van der Waals surface area contributed by atoms with E-state index in [1.807, 2.05) is 4.72 Å². The summed E-state index contributed by atoms with van der Waals surface area (Å²) in [7, 11) is -4.31. The number of hydrogen-bond acceptors (Lipinski definition) is 6. The normalized spacial score (nSPS) is 12.2. The Morgan fingerprint density at radius 2 is 2.00 bits per heavy atom. The Labute approximate surface area is 147 Å². The van der Waals surface area contributed by atoms with Crippen molar-refractivity contribution in [3.8, 4) is 0 Å². The van der Waals surface area contributed by atoms with Crippen molar-refractivity contribution in [2.45, 2.75) is 31.5 Å². The molecule has 2 rings (SSSR count). The van der Waals surface area contributed by atoms with Gasteiger partial charge in [0.1, 0.15) is 18.9 Å². The number of esters is 1. The van der Waals surface area contributed by atoms with Crippen LogP contribution in [0, 0.1) is 13.8 Å². The maximum Gasteiger partial charge on any atom is 0.416 e. The zero-order valence-electron chi connectivity index (χ0n) is 13.8. The highest BCUT2D eigenvalue weighted by molar-refractivity contribution is 7.89. The third kappa shape index (κ3) is 4.82. The second kappa shape index (κ2) is 7.46. The lowest BCUT2D eigenvalue weighted by molar-refractivity contribution is -0.143. The summed E-state index contributed by atoms with van der Waals surface area (Å²) in [6.45, 7) is 2.38. The first-order chi connectivity index (χ1) is 12.0. The van der Waals surface area contributed by atoms with Gasteiger partial charge in [0.15, 0.2) is 0 Å². The molecular formula is C15H15F3N2O5S. The minimum Gasteiger partial charge on any atom is -0.460 e. The fourth-order valence-electron chi connectivity index (χ4n) is 1.99. The molecule has 1 heterocycles. The molecule has 1 N–H and O–H groups in total. The Balaban J connectivity index is 1.98. The maximum absolute atomic E-state index is 12.7. The lowest BCUT2D eigenvalue weighted by Gasteiger charge is -2.10. The number of rotatable bonds is 6. The first-order valence-corrected chi connectivity index (χ1v) is 8.73. The van der Waals surface area contributed by atoms with Gasteiger partial charge < -0.3 is 9.26 Å². The molecule has 0 amide bonds. The van der Waals surface area contributed by atoms with Crippen LogP contribution in [0.4, 0.5) is 13.2 Å². The van der Waals surface area contributed by atoms with E-state index in [-0.39, 0.29) is 6.61 Å². The summed E-state index contributed by atoms with van der Waals surface area (Å²) in [5.74, 6) is -0.444. The van der Waals surface area contributed by atoms with Crippen LogP contribution in [0.5, 0.6) is 0 Å². The zero-order valence-corrected chi connectivity index (χ0v) is 14.6. The largest absolute Gasteiger partial charge is 0.460 e. The van der Waals surface area contributed by atoms with Crippen LogP contribution < -0.4 is 4.72 Å². The predicted octanol–water partition coefficient (Wildman–Crippen LogP) is 2.33. The number of aryl methyl sites for hydroxylation is 2. The molecule has 7 nitrogen and oxygen atoms in total. The van der Waals surface area contributed by atoms with Crippen LogP contribution in [0.15, 0.2) is 33.7 Å². The molecule has 0 fully saturated rings. The van der Waals surface area contributed by atoms with Gasteiger partial charge in [0, 0.05) is 0 Å². The molecule has 0 aliphatic heterocycles. The maximum atomic E-state index is 12.7. The Kier molecular flexibility index (Phi) is 5.71. The lowest BCUT2D eigenvalue weighted by Crippen LogP contribution is -2.30. The van der Waals surface area contributed by atoms with Crippen LogP contribution in [0.25, 0.3) is 0 Å². The van der Waals surface area contributed by atoms with Gasteiger partial charge in [-0.25, -0.2) is 8.42 Å². The molecule has 0 saturated carbocycles. The average molecular weight is 392 g/mol. The monoisotopic (exact) mass is 392 g/mol. The van der Waals surface area contributed by atoms with Crippen LogP contribution in [-0.4, -0.2) is 26.1 Å². The quantitative estimate of drug-likeness (QED) is 0.758. The van der Waals surface area contributed by atoms with E-state index in [9.17, 15) is 26.4 Å². The van der Waals surface area contributed by atoms with Crippen LogP contribution in [0.2, 0.25) is 0 Å². The third-order valence-electron chi connectivity index (χ3n) is 3.44. The van der Waals surface area contributed by atoms with E-state index in [0.29, 0.717) is 23.1 Å². The van der Waals surface area contributed by atoms with Crippen molar-refractivity contribution >= 4 is 16.0 Å². The van der Waals surface area contributed by atoms with E-state index in [1.54, 1.807) is 13.8 Å². The highest BCUT2D eigenvalue weighted by Gasteiger charge is 2.31. The van der Waals surface area contributed by atoms with E-state index >= 15 is 0 Å². The number of nitrogens with one attached hydrogen (secondary N) is 1. The van der Waals surface area contributed by atoms with Crippen molar-refractivity contribution in [3.05, 3.63) is 46.8 Å². The number of benzene rings is 1. The van der Waals surface area contributed by atoms with Gasteiger partial charge in [-0.05, 0) is 32.0 Å². The molecule has 0 spiro atoms. The van der Waals surface area contributed by atoms with Crippen molar-refractivity contribution in [2.24, 2.45) is 0 Å². The molecule has 0 unspecified atom stereocenters. The van der Waals surface area contributed by atoms with E-state index < -0.39 is 39.2 Å². The van der Waals surface area contributed by atoms with Crippen molar-refractivity contribution < 1.29 is 35.6 Å². The Morgan fingerprint density at radius 3 is 2.58 bits per heavy atom. The van der Waals surface area contributed by atoms with Crippen molar-refractivity contribution in [1.29, 1.82) is 0 Å². The summed E-state index contributed by atoms with van der Waals surface area (Å²) in [4.78, 5) is 11.1. The fraction of sp³-hybridized carbons (Fsp3) is 0.333. The van der Waals surface area contributed by atoms with E-state index in [2.05, 4.69) is 5.16 Å². The van der Waals surface area contributed by atoms with Crippen molar-refractivity contribution in [2.75, 3.05) is 6.54 Å². The Morgan fingerprint density at radius 1 is 1.31 bits per heavy atom. The number of carbonyl (C=O) groups excluding carboxylic acids is 1. The Hall–Kier alpha value is -2.40. The van der Waals surface area contributed by atoms with Gasteiger partial charge >= 0.3 is 12.1 Å². The fourth-order valence-corrected chi connectivity index (χ4v) is 3.00. The smallest absolute Gasteiger partial charge is 0.416 e. The number of hydrogen-bond donors (Lipinski definition) is 1. The second-order valence-electron chi connectivity index (χ2n) is 5.31. The van der Waals surface area contributed by atoms with Crippen LogP contribution in [0.1, 0.15) is 22.6 Å². The minimum absolute atomic E-state index is 0.161. The van der Waals surface area contributed by atoms with E-state index in [4.69, 9.17) is 9.26 Å². The third-order valence-corrected chi connectivity index (χ3v) is 4.84. The molecule has 0 bridgehead atoms. The van der Waals surface area contributed by atoms with Gasteiger partial charge in [0.05, 0.1) is 21.7 Å². The van der Waals surface area contributed by atoms with E-state index in [0.717, 1.165) is 18.2 Å². The first-order valence-electron chi connectivity index (χ1n) is 7.25. The molecule has 2 aromatic rings. The molecule has 11 heteroatoms. The van der Waals surface area contributed by atoms with Crippen LogP contribution >= 0.6 is 0 Å². The summed E-state index contributed by atoms with van der Waals surface area (Å²) >= 11 is 0. The summed E-state index contributed by atoms with van der Waals surface area (Å²) in [6, 6.07) is 3.19. The number of halogens is 3. The predicted molar refractivity (Wildman–Crippen MR) is 82.4 cm³/mol. The van der Waals surface area contributed by atoms with Gasteiger partial charge in [0.2, 0.25) is 10.0 Å². The highest BCUT2D eigenvalue weighted by Crippen LogP contribution is 2.30. The number of ether oxygens (including phenoxy) is 1. The molecular weight excluding hydrogens is 377 g/mol. The number of alkyl halides is 3. The SMILES string of the molecule is Cc1noc(C)c1COC(=O)CNS(=O)(=O)c1cccc(C(F)(F)F)c1. The van der Waals surface area contributed by atoms with Gasteiger partial charge in [-0.15, -0.1) is 0 Å². The molecule has 0 atom stereocenters. The number of aromatic nitrogens is 1. The summed E-state index contributed by atoms with van der Waals surface area (Å²) in [5.41, 5.74) is -0.0275. The van der Waals surface area contributed by atoms with Crippen molar-refractivity contribution in [3.63, 3.8) is 0 Å². The topological polar surface area (TPSA) is 98.5 Å². The first kappa shape index (κ1) is 19.9. The Bertz CT molecular complexity index is 887. The van der Waals surface area contributed by atoms with Gasteiger partial charge in [0.25, 0.3) is 0 Å². The zero-order chi connectivity index (χ0) is 19.5. The average Bonchev–Trinajstić information content (AvgIpc) is 2.89. The van der Waals surface area contributed by atoms with Crippen LogP contribution in [0.3, 0.4) is 0 Å². The molecule has 142 valence electrons. The summed E-state index contributed by atoms with van der Waals surface area (Å²) in [5, 5.41) is 3.68. The van der Waals surface area contributed by atoms with Crippen molar-refractivity contribution in [1.82, 2.24) is 9.88 Å². The van der Waals surface area contributed by atoms with Crippen LogP contribution in [-0.2, 0) is 32.3 Å². The van der Waals surface area contributed by atoms with Gasteiger partial charge in [-0.3, -0.25) is 4.79 Å².